The first-order chi connectivity index (χ1) is 10.1. The van der Waals surface area contributed by atoms with Gasteiger partial charge in [-0.05, 0) is 36.8 Å². The quantitative estimate of drug-likeness (QED) is 0.305. The molecule has 1 aliphatic carbocycles. The molecule has 6 nitrogen and oxygen atoms in total. The van der Waals surface area contributed by atoms with Crippen molar-refractivity contribution in [1.29, 1.82) is 0 Å². The van der Waals surface area contributed by atoms with Crippen LogP contribution >= 0.6 is 0 Å². The van der Waals surface area contributed by atoms with Crippen LogP contribution in [0.15, 0.2) is 29.4 Å². The van der Waals surface area contributed by atoms with Crippen molar-refractivity contribution in [2.75, 3.05) is 20.3 Å². The summed E-state index contributed by atoms with van der Waals surface area (Å²) < 4.78 is 5.10. The SMILES string of the molecule is COCCC1(CNC(=O)c2cccc(/C(N)=N/O)c2)CC1. The molecule has 0 spiro atoms. The summed E-state index contributed by atoms with van der Waals surface area (Å²) in [7, 11) is 1.69. The fourth-order valence-electron chi connectivity index (χ4n) is 2.26. The molecule has 0 radical (unpaired) electrons. The van der Waals surface area contributed by atoms with Crippen LogP contribution in [0, 0.1) is 5.41 Å². The molecular weight excluding hydrogens is 270 g/mol. The molecule has 1 fully saturated rings. The van der Waals surface area contributed by atoms with Gasteiger partial charge in [-0.25, -0.2) is 0 Å². The molecule has 21 heavy (non-hydrogen) atoms. The highest BCUT2D eigenvalue weighted by Gasteiger charge is 2.42. The van der Waals surface area contributed by atoms with E-state index in [1.807, 2.05) is 0 Å². The van der Waals surface area contributed by atoms with Crippen LogP contribution in [0.2, 0.25) is 0 Å². The predicted molar refractivity (Wildman–Crippen MR) is 79.4 cm³/mol. The predicted octanol–water partition coefficient (Wildman–Crippen LogP) is 1.33. The molecule has 0 saturated heterocycles. The molecule has 2 rings (SSSR count). The van der Waals surface area contributed by atoms with Crippen LogP contribution in [0.25, 0.3) is 0 Å². The van der Waals surface area contributed by atoms with E-state index >= 15 is 0 Å². The molecule has 6 heteroatoms. The van der Waals surface area contributed by atoms with Crippen molar-refractivity contribution in [3.05, 3.63) is 35.4 Å². The standard InChI is InChI=1S/C15H21N3O3/c1-21-8-7-15(5-6-15)10-17-14(19)12-4-2-3-11(9-12)13(16)18-20/h2-4,9,20H,5-8,10H2,1H3,(H2,16,18)(H,17,19). The van der Waals surface area contributed by atoms with Gasteiger partial charge in [0.1, 0.15) is 0 Å². The van der Waals surface area contributed by atoms with Gasteiger partial charge in [0.05, 0.1) is 0 Å². The number of amides is 1. The van der Waals surface area contributed by atoms with Gasteiger partial charge in [-0.3, -0.25) is 4.79 Å². The zero-order chi connectivity index (χ0) is 15.3. The molecule has 0 heterocycles. The third kappa shape index (κ3) is 3.95. The summed E-state index contributed by atoms with van der Waals surface area (Å²) in [6.07, 6.45) is 3.22. The van der Waals surface area contributed by atoms with E-state index in [1.54, 1.807) is 31.4 Å². The lowest BCUT2D eigenvalue weighted by Gasteiger charge is -2.15. The number of nitrogens with one attached hydrogen (secondary N) is 1. The largest absolute Gasteiger partial charge is 0.409 e. The Morgan fingerprint density at radius 2 is 2.19 bits per heavy atom. The van der Waals surface area contributed by atoms with Crippen molar-refractivity contribution < 1.29 is 14.7 Å². The van der Waals surface area contributed by atoms with Gasteiger partial charge in [-0.2, -0.15) is 0 Å². The minimum Gasteiger partial charge on any atom is -0.409 e. The molecule has 0 unspecified atom stereocenters. The second-order valence-corrected chi connectivity index (χ2v) is 5.49. The molecule has 0 atom stereocenters. The molecule has 1 saturated carbocycles. The number of rotatable bonds is 7. The van der Waals surface area contributed by atoms with Gasteiger partial charge in [0, 0.05) is 31.4 Å². The first-order valence-corrected chi connectivity index (χ1v) is 6.95. The van der Waals surface area contributed by atoms with E-state index in [0.29, 0.717) is 17.7 Å². The third-order valence-corrected chi connectivity index (χ3v) is 3.95. The van der Waals surface area contributed by atoms with Gasteiger partial charge >= 0.3 is 0 Å². The number of methoxy groups -OCH3 is 1. The van der Waals surface area contributed by atoms with E-state index < -0.39 is 0 Å². The Kier molecular flexibility index (Phi) is 4.80. The highest BCUT2D eigenvalue weighted by molar-refractivity contribution is 6.01. The molecular formula is C15H21N3O3. The Hall–Kier alpha value is -2.08. The molecule has 0 aliphatic heterocycles. The average molecular weight is 291 g/mol. The Morgan fingerprint density at radius 1 is 1.48 bits per heavy atom. The number of benzene rings is 1. The number of amidine groups is 1. The Balaban J connectivity index is 1.95. The summed E-state index contributed by atoms with van der Waals surface area (Å²) in [5.74, 6) is -0.158. The van der Waals surface area contributed by atoms with Crippen LogP contribution < -0.4 is 11.1 Å². The van der Waals surface area contributed by atoms with E-state index in [0.717, 1.165) is 25.9 Å². The number of carbonyl (C=O) groups excluding carboxylic acids is 1. The number of nitrogens with two attached hydrogens (primary N) is 1. The van der Waals surface area contributed by atoms with Crippen molar-refractivity contribution in [3.8, 4) is 0 Å². The molecule has 114 valence electrons. The van der Waals surface area contributed by atoms with Crippen LogP contribution in [-0.4, -0.2) is 37.2 Å². The molecule has 1 aromatic carbocycles. The van der Waals surface area contributed by atoms with Gasteiger partial charge in [0.2, 0.25) is 0 Å². The van der Waals surface area contributed by atoms with Crippen LogP contribution in [-0.2, 0) is 4.74 Å². The van der Waals surface area contributed by atoms with Crippen molar-refractivity contribution in [2.24, 2.45) is 16.3 Å². The van der Waals surface area contributed by atoms with Crippen LogP contribution in [0.1, 0.15) is 35.2 Å². The summed E-state index contributed by atoms with van der Waals surface area (Å²) in [6, 6.07) is 6.71. The van der Waals surface area contributed by atoms with E-state index in [4.69, 9.17) is 15.7 Å². The van der Waals surface area contributed by atoms with Crippen molar-refractivity contribution >= 4 is 11.7 Å². The van der Waals surface area contributed by atoms with Crippen molar-refractivity contribution in [3.63, 3.8) is 0 Å². The van der Waals surface area contributed by atoms with E-state index in [9.17, 15) is 4.79 Å². The number of hydrogen-bond acceptors (Lipinski definition) is 4. The zero-order valence-corrected chi connectivity index (χ0v) is 12.1. The average Bonchev–Trinajstić information content (AvgIpc) is 3.30. The van der Waals surface area contributed by atoms with Gasteiger partial charge in [-0.1, -0.05) is 17.3 Å². The number of oxime groups is 1. The summed E-state index contributed by atoms with van der Waals surface area (Å²) in [5.41, 5.74) is 6.75. The van der Waals surface area contributed by atoms with Gasteiger partial charge in [-0.15, -0.1) is 0 Å². The van der Waals surface area contributed by atoms with Gasteiger partial charge < -0.3 is 21.0 Å². The second kappa shape index (κ2) is 6.58. The van der Waals surface area contributed by atoms with Crippen LogP contribution in [0.3, 0.4) is 0 Å². The molecule has 1 amide bonds. The summed E-state index contributed by atoms with van der Waals surface area (Å²) in [6.45, 7) is 1.37. The second-order valence-electron chi connectivity index (χ2n) is 5.49. The maximum Gasteiger partial charge on any atom is 0.251 e. The van der Waals surface area contributed by atoms with Gasteiger partial charge in [0.25, 0.3) is 5.91 Å². The maximum absolute atomic E-state index is 12.2. The topological polar surface area (TPSA) is 96.9 Å². The molecule has 0 aromatic heterocycles. The molecule has 4 N–H and O–H groups in total. The highest BCUT2D eigenvalue weighted by Crippen LogP contribution is 2.48. The van der Waals surface area contributed by atoms with Crippen molar-refractivity contribution in [2.45, 2.75) is 19.3 Å². The van der Waals surface area contributed by atoms with Gasteiger partial charge in [0.15, 0.2) is 5.84 Å². The fourth-order valence-corrected chi connectivity index (χ4v) is 2.26. The van der Waals surface area contributed by atoms with Crippen molar-refractivity contribution in [1.82, 2.24) is 5.32 Å². The Bertz CT molecular complexity index is 539. The lowest BCUT2D eigenvalue weighted by molar-refractivity contribution is 0.0938. The fraction of sp³-hybridized carbons (Fsp3) is 0.467. The van der Waals surface area contributed by atoms with E-state index in [-0.39, 0.29) is 17.2 Å². The molecule has 0 bridgehead atoms. The minimum atomic E-state index is -0.147. The summed E-state index contributed by atoms with van der Waals surface area (Å²) in [4.78, 5) is 12.2. The third-order valence-electron chi connectivity index (χ3n) is 3.95. The smallest absolute Gasteiger partial charge is 0.251 e. The number of hydrogen-bond donors (Lipinski definition) is 3. The first-order valence-electron chi connectivity index (χ1n) is 6.95. The molecule has 1 aliphatic rings. The normalized spacial score (nSPS) is 16.5. The number of carbonyl (C=O) groups is 1. The Morgan fingerprint density at radius 3 is 2.81 bits per heavy atom. The highest BCUT2D eigenvalue weighted by atomic mass is 16.5. The maximum atomic E-state index is 12.2. The summed E-state index contributed by atoms with van der Waals surface area (Å²) >= 11 is 0. The van der Waals surface area contributed by atoms with Crippen LogP contribution in [0.4, 0.5) is 0 Å². The van der Waals surface area contributed by atoms with E-state index in [1.165, 1.54) is 0 Å². The minimum absolute atomic E-state index is 0.0107. The summed E-state index contributed by atoms with van der Waals surface area (Å²) in [5, 5.41) is 14.6. The molecule has 1 aromatic rings. The monoisotopic (exact) mass is 291 g/mol. The van der Waals surface area contributed by atoms with Crippen LogP contribution in [0.5, 0.6) is 0 Å². The number of nitrogens with zero attached hydrogens (tertiary/aromatic N) is 1. The zero-order valence-electron chi connectivity index (χ0n) is 12.1. The lowest BCUT2D eigenvalue weighted by atomic mass is 10.0. The lowest BCUT2D eigenvalue weighted by Crippen LogP contribution is -2.31. The number of ether oxygens (including phenoxy) is 1. The first kappa shape index (κ1) is 15.3. The Labute approximate surface area is 124 Å². The van der Waals surface area contributed by atoms with E-state index in [2.05, 4.69) is 10.5 Å².